The third-order valence-corrected chi connectivity index (χ3v) is 6.51. The van der Waals surface area contributed by atoms with Gasteiger partial charge in [0.2, 0.25) is 0 Å². The Morgan fingerprint density at radius 1 is 0.543 bits per heavy atom. The molecule has 0 aliphatic rings. The molecule has 0 atom stereocenters. The Morgan fingerprint density at radius 2 is 0.914 bits per heavy atom. The molecule has 0 unspecified atom stereocenters. The molecule has 0 spiro atoms. The number of nitrogens with zero attached hydrogens (tertiary/aromatic N) is 3. The zero-order valence-corrected chi connectivity index (χ0v) is 25.7. The van der Waals surface area contributed by atoms with Gasteiger partial charge >= 0.3 is 0 Å². The van der Waals surface area contributed by atoms with Gasteiger partial charge in [-0.15, -0.1) is 0 Å². The highest BCUT2D eigenvalue weighted by Crippen LogP contribution is 2.28. The van der Waals surface area contributed by atoms with Crippen molar-refractivity contribution in [1.82, 2.24) is 14.1 Å². The summed E-state index contributed by atoms with van der Waals surface area (Å²) in [4.78, 5) is 30.0. The molecule has 0 N–H and O–H groups in total. The molecule has 0 aromatic carbocycles. The Kier molecular flexibility index (Phi) is 8.56. The minimum absolute atomic E-state index is 0.0926. The van der Waals surface area contributed by atoms with Crippen molar-refractivity contribution < 1.29 is 0 Å². The molecule has 198 valence electrons. The van der Waals surface area contributed by atoms with Crippen LogP contribution in [-0.2, 0) is 21.9 Å². The molecule has 5 heteroatoms. The maximum atomic E-state index is 12.8. The second kappa shape index (κ2) is 9.71. The lowest BCUT2D eigenvalue weighted by Gasteiger charge is -2.31. The van der Waals surface area contributed by atoms with E-state index >= 15 is 0 Å². The first-order valence-electron chi connectivity index (χ1n) is 12.7. The number of aromatic nitrogens is 3. The van der Waals surface area contributed by atoms with Gasteiger partial charge in [-0.2, -0.15) is 0 Å². The molecule has 0 aliphatic heterocycles. The monoisotopic (exact) mass is 485 g/mol. The van der Waals surface area contributed by atoms with E-state index in [9.17, 15) is 9.59 Å². The van der Waals surface area contributed by atoms with Crippen molar-refractivity contribution in [3.05, 3.63) is 60.2 Å². The van der Waals surface area contributed by atoms with Crippen LogP contribution < -0.4 is 11.1 Å². The van der Waals surface area contributed by atoms with Crippen molar-refractivity contribution >= 4 is 0 Å². The van der Waals surface area contributed by atoms with Crippen LogP contribution in [0.4, 0.5) is 0 Å². The molecule has 0 saturated carbocycles. The predicted octanol–water partition coefficient (Wildman–Crippen LogP) is 6.74. The van der Waals surface area contributed by atoms with Gasteiger partial charge in [0.05, 0.1) is 0 Å². The van der Waals surface area contributed by atoms with E-state index in [1.54, 1.807) is 4.57 Å². The summed E-state index contributed by atoms with van der Waals surface area (Å²) in [6.45, 7) is 34.9. The van der Waals surface area contributed by atoms with Gasteiger partial charge in [0.1, 0.15) is 5.82 Å². The summed E-state index contributed by atoms with van der Waals surface area (Å²) in [6.07, 6.45) is 0. The number of pyridine rings is 1. The van der Waals surface area contributed by atoms with E-state index in [0.717, 1.165) is 33.9 Å². The predicted molar refractivity (Wildman–Crippen MR) is 150 cm³/mol. The van der Waals surface area contributed by atoms with Crippen molar-refractivity contribution in [2.75, 3.05) is 0 Å². The second-order valence-corrected chi connectivity index (χ2v) is 14.0. The fraction of sp³-hybridized carbons (Fsp3) is 0.700. The van der Waals surface area contributed by atoms with Crippen LogP contribution in [0.15, 0.2) is 9.59 Å². The van der Waals surface area contributed by atoms with E-state index < -0.39 is 0 Å². The van der Waals surface area contributed by atoms with Gasteiger partial charge in [0, 0.05) is 33.6 Å². The zero-order valence-electron chi connectivity index (χ0n) is 25.7. The highest BCUT2D eigenvalue weighted by Gasteiger charge is 2.29. The molecule has 0 aliphatic carbocycles. The largest absolute Gasteiger partial charge is 0.307 e. The van der Waals surface area contributed by atoms with Gasteiger partial charge in [0.15, 0.2) is 0 Å². The van der Waals surface area contributed by atoms with Crippen LogP contribution in [-0.4, -0.2) is 14.1 Å². The first-order valence-corrected chi connectivity index (χ1v) is 12.7. The van der Waals surface area contributed by atoms with Crippen LogP contribution >= 0.6 is 0 Å². The van der Waals surface area contributed by atoms with E-state index in [-0.39, 0.29) is 33.0 Å². The van der Waals surface area contributed by atoms with Crippen LogP contribution in [0.1, 0.15) is 123 Å². The topological polar surface area (TPSA) is 56.9 Å². The van der Waals surface area contributed by atoms with Gasteiger partial charge in [-0.05, 0) is 98.1 Å². The molecule has 2 rings (SSSR count). The van der Waals surface area contributed by atoms with E-state index in [1.807, 2.05) is 46.1 Å². The Morgan fingerprint density at radius 3 is 1.26 bits per heavy atom. The summed E-state index contributed by atoms with van der Waals surface area (Å²) in [7, 11) is 0. The average molecular weight is 486 g/mol. The fourth-order valence-corrected chi connectivity index (χ4v) is 5.16. The number of hydrogen-bond acceptors (Lipinski definition) is 3. The molecular formula is C30H51N3O2. The van der Waals surface area contributed by atoms with E-state index in [0.29, 0.717) is 0 Å². The van der Waals surface area contributed by atoms with Gasteiger partial charge in [-0.3, -0.25) is 14.2 Å². The van der Waals surface area contributed by atoms with Crippen molar-refractivity contribution in [3.63, 3.8) is 0 Å². The van der Waals surface area contributed by atoms with Crippen LogP contribution in [0, 0.1) is 34.6 Å². The van der Waals surface area contributed by atoms with Crippen molar-refractivity contribution in [3.8, 4) is 0 Å². The maximum absolute atomic E-state index is 12.8. The second-order valence-electron chi connectivity index (χ2n) is 14.0. The molecule has 0 fully saturated rings. The van der Waals surface area contributed by atoms with Gasteiger partial charge < -0.3 is 4.57 Å². The van der Waals surface area contributed by atoms with Gasteiger partial charge in [-0.25, -0.2) is 4.98 Å². The lowest BCUT2D eigenvalue weighted by molar-refractivity contribution is 0.361. The highest BCUT2D eigenvalue weighted by molar-refractivity contribution is 5.39. The maximum Gasteiger partial charge on any atom is 0.257 e. The first kappa shape index (κ1) is 30.9. The third-order valence-electron chi connectivity index (χ3n) is 6.51. The summed E-state index contributed by atoms with van der Waals surface area (Å²) in [5, 5.41) is 0. The molecular weight excluding hydrogens is 434 g/mol. The lowest BCUT2D eigenvalue weighted by atomic mass is 9.83. The molecule has 0 radical (unpaired) electrons. The molecule has 35 heavy (non-hydrogen) atoms. The quantitative estimate of drug-likeness (QED) is 0.415. The van der Waals surface area contributed by atoms with E-state index in [1.165, 1.54) is 5.56 Å². The Balaban J connectivity index is 0.000000351. The molecule has 2 heterocycles. The Bertz CT molecular complexity index is 1110. The molecule has 2 aromatic heterocycles. The lowest BCUT2D eigenvalue weighted by Crippen LogP contribution is -2.41. The average Bonchev–Trinajstić information content (AvgIpc) is 2.54. The molecule has 2 aromatic rings. The van der Waals surface area contributed by atoms with Crippen LogP contribution in [0.3, 0.4) is 0 Å². The van der Waals surface area contributed by atoms with Crippen molar-refractivity contribution in [2.24, 2.45) is 0 Å². The first-order chi connectivity index (χ1) is 15.3. The summed E-state index contributed by atoms with van der Waals surface area (Å²) in [5.74, 6) is 0.785. The fourth-order valence-electron chi connectivity index (χ4n) is 5.16. The van der Waals surface area contributed by atoms with Crippen molar-refractivity contribution in [2.45, 2.75) is 140 Å². The zero-order chi connectivity index (χ0) is 28.1. The molecule has 0 saturated heterocycles. The minimum atomic E-state index is -0.234. The van der Waals surface area contributed by atoms with Gasteiger partial charge in [0.25, 0.3) is 11.1 Å². The summed E-state index contributed by atoms with van der Waals surface area (Å²) in [6, 6.07) is 0. The minimum Gasteiger partial charge on any atom is -0.307 e. The summed E-state index contributed by atoms with van der Waals surface area (Å²) >= 11 is 0. The SMILES string of the molecule is Cc1c(C)c(C)n(C(C)(C)C)c(=O)c1C(C)(C)C.Cc1nc(C)n(C(C)(C)C)c(=O)c1C(C)(C)C. The normalized spacial score (nSPS) is 12.9. The number of rotatable bonds is 0. The van der Waals surface area contributed by atoms with E-state index in [4.69, 9.17) is 0 Å². The van der Waals surface area contributed by atoms with E-state index in [2.05, 4.69) is 81.1 Å². The van der Waals surface area contributed by atoms with Crippen LogP contribution in [0.5, 0.6) is 0 Å². The van der Waals surface area contributed by atoms with Crippen molar-refractivity contribution in [1.29, 1.82) is 0 Å². The molecule has 5 nitrogen and oxygen atoms in total. The Labute approximate surface area is 214 Å². The van der Waals surface area contributed by atoms with Gasteiger partial charge in [-0.1, -0.05) is 41.5 Å². The molecule has 0 amide bonds. The smallest absolute Gasteiger partial charge is 0.257 e. The number of aryl methyl sites for hydroxylation is 2. The van der Waals surface area contributed by atoms with Crippen LogP contribution in [0.25, 0.3) is 0 Å². The summed E-state index contributed by atoms with van der Waals surface area (Å²) < 4.78 is 3.73. The molecule has 0 bridgehead atoms. The highest BCUT2D eigenvalue weighted by atomic mass is 16.1. The summed E-state index contributed by atoms with van der Waals surface area (Å²) in [5.41, 5.74) is 5.62. The number of hydrogen-bond donors (Lipinski definition) is 0. The Hall–Kier alpha value is -2.17. The van der Waals surface area contributed by atoms with Crippen LogP contribution in [0.2, 0.25) is 0 Å². The third kappa shape index (κ3) is 6.54. The standard InChI is InChI=1S/C16H27NO.C14H24N2O/c1-10-11(2)13(15(4,5)6)14(18)17(12(10)3)16(7,8)9;1-9-11(13(3,4)5)12(17)16(10(2)15-9)14(6,7)8/h1-9H3;1-8H3.